The Morgan fingerprint density at radius 3 is 2.29 bits per heavy atom. The second-order valence-electron chi connectivity index (χ2n) is 3.89. The van der Waals surface area contributed by atoms with Crippen LogP contribution in [0.4, 0.5) is 26.3 Å². The van der Waals surface area contributed by atoms with E-state index in [0.29, 0.717) is 12.1 Å². The maximum absolute atomic E-state index is 12.9. The Bertz CT molecular complexity index is 542. The highest BCUT2D eigenvalue weighted by Gasteiger charge is 2.37. The van der Waals surface area contributed by atoms with E-state index in [1.54, 1.807) is 0 Å². The fourth-order valence-electron chi connectivity index (χ4n) is 1.49. The number of hydrogen-bond donors (Lipinski definition) is 0. The third kappa shape index (κ3) is 4.80. The summed E-state index contributed by atoms with van der Waals surface area (Å²) in [7, 11) is 0. The van der Waals surface area contributed by atoms with Gasteiger partial charge in [0, 0.05) is 6.08 Å². The largest absolute Gasteiger partial charge is 0.463 e. The third-order valence-electron chi connectivity index (χ3n) is 2.36. The molecule has 116 valence electrons. The molecule has 0 spiro atoms. The number of allylic oxidation sites excluding steroid dienone is 1. The van der Waals surface area contributed by atoms with Gasteiger partial charge < -0.3 is 4.74 Å². The number of esters is 1. The minimum absolute atomic E-state index is 0.138. The van der Waals surface area contributed by atoms with Crippen LogP contribution in [0.1, 0.15) is 18.1 Å². The Kier molecular flexibility index (Phi) is 5.03. The van der Waals surface area contributed by atoms with Gasteiger partial charge in [-0.3, -0.25) is 0 Å². The molecule has 8 heteroatoms. The Hall–Kier alpha value is -1.99. The minimum Gasteiger partial charge on any atom is -0.463 e. The van der Waals surface area contributed by atoms with E-state index in [1.807, 2.05) is 0 Å². The lowest BCUT2D eigenvalue weighted by atomic mass is 10.0. The average molecular weight is 312 g/mol. The highest BCUT2D eigenvalue weighted by Crippen LogP contribution is 2.37. The minimum atomic E-state index is -4.99. The van der Waals surface area contributed by atoms with Crippen LogP contribution >= 0.6 is 0 Å². The van der Waals surface area contributed by atoms with Crippen molar-refractivity contribution in [2.75, 3.05) is 6.61 Å². The second kappa shape index (κ2) is 6.19. The molecule has 1 rings (SSSR count). The van der Waals surface area contributed by atoms with Gasteiger partial charge in [-0.2, -0.15) is 26.3 Å². The summed E-state index contributed by atoms with van der Waals surface area (Å²) in [5.74, 6) is -1.28. The Morgan fingerprint density at radius 1 is 1.19 bits per heavy atom. The lowest BCUT2D eigenvalue weighted by molar-refractivity contribution is -0.138. The van der Waals surface area contributed by atoms with Gasteiger partial charge in [0.15, 0.2) is 0 Å². The summed E-state index contributed by atoms with van der Waals surface area (Å²) in [4.78, 5) is 11.1. The fraction of sp³-hybridized carbons (Fsp3) is 0.308. The lowest BCUT2D eigenvalue weighted by Gasteiger charge is -2.14. The first-order valence-electron chi connectivity index (χ1n) is 5.69. The van der Waals surface area contributed by atoms with Gasteiger partial charge in [0.25, 0.3) is 0 Å². The van der Waals surface area contributed by atoms with Gasteiger partial charge in [-0.25, -0.2) is 4.79 Å². The van der Waals surface area contributed by atoms with Crippen molar-refractivity contribution in [3.05, 3.63) is 41.5 Å². The molecule has 21 heavy (non-hydrogen) atoms. The molecule has 0 amide bonds. The average Bonchev–Trinajstić information content (AvgIpc) is 2.34. The normalized spacial score (nSPS) is 13.2. The zero-order valence-electron chi connectivity index (χ0n) is 10.7. The van der Waals surface area contributed by atoms with Crippen molar-refractivity contribution in [3.63, 3.8) is 0 Å². The molecule has 0 aliphatic rings. The molecule has 0 N–H and O–H groups in total. The number of benzene rings is 1. The Balaban J connectivity index is 3.32. The van der Waals surface area contributed by atoms with Crippen molar-refractivity contribution in [2.24, 2.45) is 0 Å². The van der Waals surface area contributed by atoms with E-state index >= 15 is 0 Å². The number of carbonyl (C=O) groups excluding carboxylic acids is 1. The zero-order chi connectivity index (χ0) is 16.3. The summed E-state index contributed by atoms with van der Waals surface area (Å²) < 4.78 is 80.5. The third-order valence-corrected chi connectivity index (χ3v) is 2.36. The topological polar surface area (TPSA) is 26.3 Å². The van der Waals surface area contributed by atoms with Crippen LogP contribution in [0.15, 0.2) is 30.3 Å². The van der Waals surface area contributed by atoms with Gasteiger partial charge in [-0.1, -0.05) is 12.1 Å². The molecule has 2 nitrogen and oxygen atoms in total. The van der Waals surface area contributed by atoms with Gasteiger partial charge in [0.2, 0.25) is 0 Å². The van der Waals surface area contributed by atoms with Crippen LogP contribution in [0.5, 0.6) is 0 Å². The molecular formula is C13H10F6O2. The van der Waals surface area contributed by atoms with E-state index in [-0.39, 0.29) is 12.7 Å². The highest BCUT2D eigenvalue weighted by molar-refractivity contribution is 5.92. The van der Waals surface area contributed by atoms with E-state index in [2.05, 4.69) is 4.74 Å². The SMILES string of the molecule is CCOC(=O)/C=C(\c1cccc(C(F)(F)F)c1)C(F)(F)F. The number of hydrogen-bond acceptors (Lipinski definition) is 2. The summed E-state index contributed by atoms with van der Waals surface area (Å²) in [5, 5.41) is 0. The summed E-state index contributed by atoms with van der Waals surface area (Å²) >= 11 is 0. The summed E-state index contributed by atoms with van der Waals surface area (Å²) in [6.45, 7) is 1.24. The van der Waals surface area contributed by atoms with Crippen molar-refractivity contribution < 1.29 is 35.9 Å². The van der Waals surface area contributed by atoms with Crippen LogP contribution in [-0.2, 0) is 15.7 Å². The number of carbonyl (C=O) groups is 1. The summed E-state index contributed by atoms with van der Waals surface area (Å²) in [6.07, 6.45) is -9.63. The van der Waals surface area contributed by atoms with E-state index < -0.39 is 35.0 Å². The fourth-order valence-corrected chi connectivity index (χ4v) is 1.49. The van der Waals surface area contributed by atoms with E-state index in [4.69, 9.17) is 0 Å². The molecule has 0 unspecified atom stereocenters. The summed E-state index contributed by atoms with van der Waals surface area (Å²) in [6, 6.07) is 2.65. The van der Waals surface area contributed by atoms with Crippen molar-refractivity contribution >= 4 is 11.5 Å². The van der Waals surface area contributed by atoms with E-state index in [0.717, 1.165) is 12.1 Å². The Morgan fingerprint density at radius 2 is 1.81 bits per heavy atom. The van der Waals surface area contributed by atoms with Gasteiger partial charge in [-0.15, -0.1) is 0 Å². The van der Waals surface area contributed by atoms with E-state index in [1.165, 1.54) is 6.92 Å². The molecule has 1 aromatic carbocycles. The summed E-state index contributed by atoms with van der Waals surface area (Å²) in [5.41, 5.74) is -3.49. The molecule has 0 fully saturated rings. The number of rotatable bonds is 3. The zero-order valence-corrected chi connectivity index (χ0v) is 10.7. The van der Waals surface area contributed by atoms with Crippen molar-refractivity contribution in [1.29, 1.82) is 0 Å². The standard InChI is InChI=1S/C13H10F6O2/c1-2-21-11(20)7-10(13(17,18)19)8-4-3-5-9(6-8)12(14,15)16/h3-7H,2H2,1H3/b10-7+. The molecule has 0 aliphatic carbocycles. The van der Waals surface area contributed by atoms with Crippen molar-refractivity contribution in [2.45, 2.75) is 19.3 Å². The number of ether oxygens (including phenoxy) is 1. The van der Waals surface area contributed by atoms with Crippen molar-refractivity contribution in [3.8, 4) is 0 Å². The van der Waals surface area contributed by atoms with Crippen LogP contribution in [0.25, 0.3) is 5.57 Å². The predicted molar refractivity (Wildman–Crippen MR) is 62.1 cm³/mol. The van der Waals surface area contributed by atoms with Crippen LogP contribution in [-0.4, -0.2) is 18.8 Å². The molecule has 0 radical (unpaired) electrons. The molecule has 0 saturated carbocycles. The van der Waals surface area contributed by atoms with Gasteiger partial charge in [-0.05, 0) is 24.6 Å². The smallest absolute Gasteiger partial charge is 0.417 e. The monoisotopic (exact) mass is 312 g/mol. The molecule has 0 atom stereocenters. The first-order chi connectivity index (χ1) is 9.55. The molecule has 0 aliphatic heterocycles. The quantitative estimate of drug-likeness (QED) is 0.475. The maximum Gasteiger partial charge on any atom is 0.417 e. The van der Waals surface area contributed by atoms with Crippen LogP contribution in [0, 0.1) is 0 Å². The van der Waals surface area contributed by atoms with Crippen molar-refractivity contribution in [1.82, 2.24) is 0 Å². The lowest BCUT2D eigenvalue weighted by Crippen LogP contribution is -2.14. The maximum atomic E-state index is 12.9. The molecule has 0 aromatic heterocycles. The van der Waals surface area contributed by atoms with Crippen LogP contribution < -0.4 is 0 Å². The van der Waals surface area contributed by atoms with Crippen LogP contribution in [0.2, 0.25) is 0 Å². The molecule has 0 heterocycles. The van der Waals surface area contributed by atoms with Gasteiger partial charge >= 0.3 is 18.3 Å². The van der Waals surface area contributed by atoms with Gasteiger partial charge in [0.1, 0.15) is 0 Å². The first-order valence-corrected chi connectivity index (χ1v) is 5.69. The molecule has 0 bridgehead atoms. The molecule has 1 aromatic rings. The van der Waals surface area contributed by atoms with Gasteiger partial charge in [0.05, 0.1) is 17.7 Å². The molecular weight excluding hydrogens is 302 g/mol. The number of alkyl halides is 6. The predicted octanol–water partition coefficient (Wildman–Crippen LogP) is 4.21. The highest BCUT2D eigenvalue weighted by atomic mass is 19.4. The van der Waals surface area contributed by atoms with Crippen LogP contribution in [0.3, 0.4) is 0 Å². The Labute approximate surface area is 116 Å². The van der Waals surface area contributed by atoms with E-state index in [9.17, 15) is 31.1 Å². The first kappa shape index (κ1) is 17.1. The molecule has 0 saturated heterocycles. The second-order valence-corrected chi connectivity index (χ2v) is 3.89. The number of halogens is 6.